The van der Waals surface area contributed by atoms with Gasteiger partial charge in [-0.3, -0.25) is 0 Å². The van der Waals surface area contributed by atoms with Gasteiger partial charge in [0, 0.05) is 35.2 Å². The van der Waals surface area contributed by atoms with Crippen LogP contribution in [0.15, 0.2) is 0 Å². The summed E-state index contributed by atoms with van der Waals surface area (Å²) in [7, 11) is -0.955. The first-order valence-electron chi connectivity index (χ1n) is 7.67. The van der Waals surface area contributed by atoms with Crippen LogP contribution in [0.1, 0.15) is 34.6 Å². The van der Waals surface area contributed by atoms with Crippen LogP contribution in [-0.4, -0.2) is 47.8 Å². The van der Waals surface area contributed by atoms with Crippen molar-refractivity contribution in [1.29, 1.82) is 0 Å². The predicted molar refractivity (Wildman–Crippen MR) is 81.3 cm³/mol. The lowest BCUT2D eigenvalue weighted by atomic mass is 10.7. The molecule has 0 fully saturated rings. The van der Waals surface area contributed by atoms with Crippen LogP contribution in [0.3, 0.4) is 0 Å². The fourth-order valence-electron chi connectivity index (χ4n) is 2.09. The minimum atomic E-state index is -0.955. The Labute approximate surface area is 120 Å². The molecule has 0 N–H and O–H groups in total. The lowest BCUT2D eigenvalue weighted by molar-refractivity contribution is -0.128. The Balaban J connectivity index is 4.27. The Hall–Kier alpha value is 0.0569. The van der Waals surface area contributed by atoms with E-state index in [1.807, 2.05) is 27.7 Å². The van der Waals surface area contributed by atoms with E-state index < -0.39 is 8.80 Å². The Morgan fingerprint density at radius 2 is 0.947 bits per heavy atom. The van der Waals surface area contributed by atoms with Gasteiger partial charge in [0.1, 0.15) is 0 Å². The first-order valence-corrected chi connectivity index (χ1v) is 10.1. The molecule has 0 saturated carbocycles. The average Bonchev–Trinajstić information content (AvgIpc) is 2.39. The maximum Gasteiger partial charge on any atom is 0.154 e. The van der Waals surface area contributed by atoms with Crippen LogP contribution in [0.5, 0.6) is 0 Å². The molecule has 0 saturated heterocycles. The molecule has 116 valence electrons. The normalized spacial score (nSPS) is 12.0. The third-order valence-corrected chi connectivity index (χ3v) is 6.30. The van der Waals surface area contributed by atoms with Crippen molar-refractivity contribution in [2.24, 2.45) is 0 Å². The summed E-state index contributed by atoms with van der Waals surface area (Å²) in [5.74, 6) is 0. The summed E-state index contributed by atoms with van der Waals surface area (Å²) >= 11 is 0. The summed E-state index contributed by atoms with van der Waals surface area (Å²) in [6.45, 7) is 13.1. The van der Waals surface area contributed by atoms with E-state index in [-0.39, 0.29) is 12.6 Å². The highest BCUT2D eigenvalue weighted by molar-refractivity contribution is 6.58. The van der Waals surface area contributed by atoms with Gasteiger partial charge in [-0.1, -0.05) is 13.0 Å². The molecule has 0 radical (unpaired) electrons. The fraction of sp³-hybridized carbons (Fsp3) is 1.00. The molecule has 0 aromatic heterocycles. The fourth-order valence-corrected chi connectivity index (χ4v) is 4.58. The Morgan fingerprint density at radius 1 is 0.632 bits per heavy atom. The minimum absolute atomic E-state index is 0.0458. The molecule has 4 nitrogen and oxygen atoms in total. The van der Waals surface area contributed by atoms with Crippen molar-refractivity contribution in [2.75, 3.05) is 26.4 Å². The van der Waals surface area contributed by atoms with Crippen molar-refractivity contribution in [1.82, 2.24) is 0 Å². The van der Waals surface area contributed by atoms with Crippen molar-refractivity contribution < 1.29 is 18.9 Å². The van der Waals surface area contributed by atoms with Crippen LogP contribution in [-0.2, 0) is 18.9 Å². The Kier molecular flexibility index (Phi) is 13.1. The minimum Gasteiger partial charge on any atom is -0.353 e. The van der Waals surface area contributed by atoms with Gasteiger partial charge in [0.15, 0.2) is 12.6 Å². The van der Waals surface area contributed by atoms with Crippen molar-refractivity contribution in [2.45, 2.75) is 65.3 Å². The highest BCUT2D eigenvalue weighted by atomic mass is 28.3. The van der Waals surface area contributed by atoms with Crippen LogP contribution in [0.4, 0.5) is 0 Å². The molecule has 19 heavy (non-hydrogen) atoms. The molecule has 0 atom stereocenters. The van der Waals surface area contributed by atoms with E-state index in [1.54, 1.807) is 0 Å². The maximum atomic E-state index is 5.65. The molecule has 0 rings (SSSR count). The third-order valence-electron chi connectivity index (χ3n) is 3.04. The molecular weight excluding hydrogens is 260 g/mol. The van der Waals surface area contributed by atoms with E-state index in [0.29, 0.717) is 26.4 Å². The second kappa shape index (κ2) is 13.1. The van der Waals surface area contributed by atoms with Gasteiger partial charge in [0.2, 0.25) is 0 Å². The second-order valence-corrected chi connectivity index (χ2v) is 7.92. The van der Waals surface area contributed by atoms with Crippen LogP contribution >= 0.6 is 0 Å². The molecule has 0 spiro atoms. The standard InChI is InChI=1S/C14H32O4Si/c1-6-15-13(16-7-2)11-19(10-5)12-14(17-8-3)18-9-4/h13-14,19H,6-12H2,1-5H3. The monoisotopic (exact) mass is 292 g/mol. The zero-order chi connectivity index (χ0) is 14.5. The number of ether oxygens (including phenoxy) is 4. The molecular formula is C14H32O4Si. The number of rotatable bonds is 13. The zero-order valence-electron chi connectivity index (χ0n) is 13.3. The van der Waals surface area contributed by atoms with Crippen LogP contribution < -0.4 is 0 Å². The molecule has 0 aliphatic heterocycles. The highest BCUT2D eigenvalue weighted by Crippen LogP contribution is 2.16. The molecule has 0 heterocycles. The third kappa shape index (κ3) is 9.57. The first kappa shape index (κ1) is 19.1. The zero-order valence-corrected chi connectivity index (χ0v) is 14.5. The summed E-state index contributed by atoms with van der Waals surface area (Å²) in [6, 6.07) is 3.29. The maximum absolute atomic E-state index is 5.65. The van der Waals surface area contributed by atoms with Crippen molar-refractivity contribution in [3.05, 3.63) is 0 Å². The van der Waals surface area contributed by atoms with Crippen LogP contribution in [0.2, 0.25) is 18.1 Å². The Bertz CT molecular complexity index is 162. The van der Waals surface area contributed by atoms with E-state index in [9.17, 15) is 0 Å². The number of hydrogen-bond donors (Lipinski definition) is 0. The quantitative estimate of drug-likeness (QED) is 0.386. The van der Waals surface area contributed by atoms with Gasteiger partial charge < -0.3 is 18.9 Å². The lowest BCUT2D eigenvalue weighted by Gasteiger charge is -2.25. The predicted octanol–water partition coefficient (Wildman–Crippen LogP) is 3.03. The Morgan fingerprint density at radius 3 is 1.16 bits per heavy atom. The first-order chi connectivity index (χ1) is 9.21. The molecule has 0 aliphatic rings. The van der Waals surface area contributed by atoms with Crippen LogP contribution in [0.25, 0.3) is 0 Å². The molecule has 0 aromatic carbocycles. The van der Waals surface area contributed by atoms with Gasteiger partial charge in [-0.05, 0) is 39.8 Å². The molecule has 0 aliphatic carbocycles. The SMILES string of the molecule is CCOC(C[SiH](CC)CC(OCC)OCC)OCC. The van der Waals surface area contributed by atoms with Gasteiger partial charge >= 0.3 is 0 Å². The summed E-state index contributed by atoms with van der Waals surface area (Å²) in [5.41, 5.74) is 0. The van der Waals surface area contributed by atoms with Gasteiger partial charge in [-0.2, -0.15) is 0 Å². The summed E-state index contributed by atoms with van der Waals surface area (Å²) in [5, 5.41) is 0. The van der Waals surface area contributed by atoms with Gasteiger partial charge in [-0.25, -0.2) is 0 Å². The van der Waals surface area contributed by atoms with Crippen molar-refractivity contribution in [3.8, 4) is 0 Å². The van der Waals surface area contributed by atoms with Crippen molar-refractivity contribution in [3.63, 3.8) is 0 Å². The van der Waals surface area contributed by atoms with E-state index in [2.05, 4.69) is 6.92 Å². The van der Waals surface area contributed by atoms with E-state index in [4.69, 9.17) is 18.9 Å². The molecule has 0 unspecified atom stereocenters. The largest absolute Gasteiger partial charge is 0.353 e. The summed E-state index contributed by atoms with van der Waals surface area (Å²) in [6.07, 6.45) is -0.0916. The van der Waals surface area contributed by atoms with Gasteiger partial charge in [-0.15, -0.1) is 0 Å². The topological polar surface area (TPSA) is 36.9 Å². The molecule has 5 heteroatoms. The van der Waals surface area contributed by atoms with Crippen LogP contribution in [0, 0.1) is 0 Å². The number of hydrogen-bond acceptors (Lipinski definition) is 4. The van der Waals surface area contributed by atoms with Gasteiger partial charge in [0.05, 0.1) is 0 Å². The highest BCUT2D eigenvalue weighted by Gasteiger charge is 2.21. The van der Waals surface area contributed by atoms with Gasteiger partial charge in [0.25, 0.3) is 0 Å². The molecule has 0 aromatic rings. The molecule has 0 amide bonds. The molecule has 0 bridgehead atoms. The second-order valence-electron chi connectivity index (χ2n) is 4.43. The smallest absolute Gasteiger partial charge is 0.154 e. The summed E-state index contributed by atoms with van der Waals surface area (Å²) in [4.78, 5) is 0. The van der Waals surface area contributed by atoms with E-state index >= 15 is 0 Å². The summed E-state index contributed by atoms with van der Waals surface area (Å²) < 4.78 is 22.6. The average molecular weight is 292 g/mol. The van der Waals surface area contributed by atoms with E-state index in [1.165, 1.54) is 6.04 Å². The van der Waals surface area contributed by atoms with E-state index in [0.717, 1.165) is 12.1 Å². The lowest BCUT2D eigenvalue weighted by Crippen LogP contribution is -2.30. The van der Waals surface area contributed by atoms with Crippen molar-refractivity contribution >= 4 is 8.80 Å².